The van der Waals surface area contributed by atoms with Gasteiger partial charge >= 0.3 is 0 Å². The second kappa shape index (κ2) is 8.92. The molecule has 1 atom stereocenters. The van der Waals surface area contributed by atoms with Gasteiger partial charge in [-0.15, -0.1) is 11.3 Å². The number of aromatic amines is 1. The highest BCUT2D eigenvalue weighted by Gasteiger charge is 2.25. The van der Waals surface area contributed by atoms with Crippen molar-refractivity contribution in [2.24, 2.45) is 0 Å². The number of carbonyl (C=O) groups excluding carboxylic acids is 1. The van der Waals surface area contributed by atoms with Gasteiger partial charge in [0.25, 0.3) is 5.91 Å². The predicted octanol–water partition coefficient (Wildman–Crippen LogP) is 4.30. The summed E-state index contributed by atoms with van der Waals surface area (Å²) in [5, 5.41) is 6.57. The van der Waals surface area contributed by atoms with Crippen LogP contribution in [-0.2, 0) is 17.6 Å². The van der Waals surface area contributed by atoms with Crippen LogP contribution >= 0.6 is 11.3 Å². The van der Waals surface area contributed by atoms with Crippen LogP contribution in [0.5, 0.6) is 0 Å². The molecule has 2 N–H and O–H groups in total. The number of amides is 1. The van der Waals surface area contributed by atoms with Crippen molar-refractivity contribution >= 4 is 28.1 Å². The van der Waals surface area contributed by atoms with Crippen molar-refractivity contribution in [3.05, 3.63) is 57.4 Å². The van der Waals surface area contributed by atoms with Gasteiger partial charge in [0.1, 0.15) is 0 Å². The van der Waals surface area contributed by atoms with Crippen LogP contribution in [0.3, 0.4) is 0 Å². The van der Waals surface area contributed by atoms with Crippen LogP contribution < -0.4 is 5.32 Å². The molecule has 1 aliphatic heterocycles. The zero-order valence-corrected chi connectivity index (χ0v) is 18.1. The van der Waals surface area contributed by atoms with Crippen LogP contribution in [0, 0.1) is 0 Å². The average Bonchev–Trinajstić information content (AvgIpc) is 3.37. The number of aryl methyl sites for hydroxylation is 2. The summed E-state index contributed by atoms with van der Waals surface area (Å²) in [6, 6.07) is 10.6. The van der Waals surface area contributed by atoms with Gasteiger partial charge in [-0.25, -0.2) is 0 Å². The maximum absolute atomic E-state index is 13.2. The second-order valence-corrected chi connectivity index (χ2v) is 9.24. The van der Waals surface area contributed by atoms with Gasteiger partial charge in [-0.05, 0) is 48.8 Å². The molecule has 1 aliphatic carbocycles. The molecule has 6 heteroatoms. The molecule has 158 valence electrons. The number of aromatic nitrogens is 1. The van der Waals surface area contributed by atoms with E-state index in [2.05, 4.69) is 38.8 Å². The minimum absolute atomic E-state index is 0.00632. The molecule has 30 heavy (non-hydrogen) atoms. The molecular formula is C24H29N3O2S. The topological polar surface area (TPSA) is 57.4 Å². The normalized spacial score (nSPS) is 18.7. The first-order valence-electron chi connectivity index (χ1n) is 11.1. The van der Waals surface area contributed by atoms with Gasteiger partial charge in [-0.3, -0.25) is 9.69 Å². The number of rotatable bonds is 5. The minimum atomic E-state index is 0.00632. The number of carbonyl (C=O) groups is 1. The summed E-state index contributed by atoms with van der Waals surface area (Å²) in [4.78, 5) is 20.5. The van der Waals surface area contributed by atoms with Gasteiger partial charge in [0, 0.05) is 35.6 Å². The van der Waals surface area contributed by atoms with Gasteiger partial charge in [-0.1, -0.05) is 24.6 Å². The fourth-order valence-electron chi connectivity index (χ4n) is 4.86. The fraction of sp³-hybridized carbons (Fsp3) is 0.458. The molecule has 1 amide bonds. The van der Waals surface area contributed by atoms with Gasteiger partial charge in [0.15, 0.2) is 0 Å². The smallest absolute Gasteiger partial charge is 0.253 e. The Bertz CT molecular complexity index is 1010. The number of hydrogen-bond donors (Lipinski definition) is 2. The molecule has 1 unspecified atom stereocenters. The average molecular weight is 424 g/mol. The quantitative estimate of drug-likeness (QED) is 0.602. The fourth-order valence-corrected chi connectivity index (χ4v) is 5.72. The van der Waals surface area contributed by atoms with E-state index in [1.807, 2.05) is 12.1 Å². The van der Waals surface area contributed by atoms with Crippen molar-refractivity contribution in [2.45, 2.75) is 38.1 Å². The van der Waals surface area contributed by atoms with Crippen LogP contribution in [0.2, 0.25) is 0 Å². The summed E-state index contributed by atoms with van der Waals surface area (Å²) < 4.78 is 5.53. The molecule has 0 radical (unpaired) electrons. The number of H-pyrrole nitrogens is 1. The molecule has 3 aromatic rings. The van der Waals surface area contributed by atoms with Gasteiger partial charge < -0.3 is 15.0 Å². The molecule has 0 spiro atoms. The van der Waals surface area contributed by atoms with E-state index >= 15 is 0 Å². The number of ether oxygens (including phenoxy) is 1. The number of para-hydroxylation sites is 1. The zero-order valence-electron chi connectivity index (χ0n) is 17.3. The van der Waals surface area contributed by atoms with Crippen molar-refractivity contribution in [1.82, 2.24) is 15.2 Å². The largest absolute Gasteiger partial charge is 0.379 e. The van der Waals surface area contributed by atoms with E-state index in [1.165, 1.54) is 40.8 Å². The number of nitrogens with zero attached hydrogens (tertiary/aromatic N) is 1. The molecule has 5 rings (SSSR count). The molecule has 1 aromatic carbocycles. The predicted molar refractivity (Wildman–Crippen MR) is 121 cm³/mol. The van der Waals surface area contributed by atoms with Gasteiger partial charge in [0.2, 0.25) is 0 Å². The Morgan fingerprint density at radius 2 is 2.00 bits per heavy atom. The molecular weight excluding hydrogens is 394 g/mol. The van der Waals surface area contributed by atoms with Crippen molar-refractivity contribution < 1.29 is 9.53 Å². The van der Waals surface area contributed by atoms with E-state index in [-0.39, 0.29) is 11.9 Å². The molecule has 1 fully saturated rings. The Morgan fingerprint density at radius 3 is 2.83 bits per heavy atom. The summed E-state index contributed by atoms with van der Waals surface area (Å²) in [5.74, 6) is 0.00632. The van der Waals surface area contributed by atoms with E-state index in [0.29, 0.717) is 6.54 Å². The highest BCUT2D eigenvalue weighted by Crippen LogP contribution is 2.30. The molecule has 0 saturated carbocycles. The number of nitrogens with one attached hydrogen (secondary N) is 2. The van der Waals surface area contributed by atoms with Gasteiger partial charge in [0.05, 0.1) is 30.3 Å². The monoisotopic (exact) mass is 423 g/mol. The molecule has 0 bridgehead atoms. The number of benzene rings is 1. The van der Waals surface area contributed by atoms with Crippen LogP contribution in [-0.4, -0.2) is 48.6 Å². The van der Waals surface area contributed by atoms with Crippen molar-refractivity contribution in [3.8, 4) is 0 Å². The lowest BCUT2D eigenvalue weighted by Gasteiger charge is -2.34. The summed E-state index contributed by atoms with van der Waals surface area (Å²) in [5.41, 5.74) is 4.50. The second-order valence-electron chi connectivity index (χ2n) is 8.26. The van der Waals surface area contributed by atoms with Gasteiger partial charge in [-0.2, -0.15) is 0 Å². The maximum Gasteiger partial charge on any atom is 0.253 e. The highest BCUT2D eigenvalue weighted by atomic mass is 32.1. The van der Waals surface area contributed by atoms with Crippen LogP contribution in [0.15, 0.2) is 35.7 Å². The third-order valence-corrected chi connectivity index (χ3v) is 7.42. The Labute approximate surface area is 181 Å². The number of morpholine rings is 1. The Hall–Kier alpha value is -2.15. The van der Waals surface area contributed by atoms with E-state index in [9.17, 15) is 4.79 Å². The first-order valence-corrected chi connectivity index (χ1v) is 11.9. The molecule has 3 heterocycles. The molecule has 2 aromatic heterocycles. The number of hydrogen-bond acceptors (Lipinski definition) is 4. The summed E-state index contributed by atoms with van der Waals surface area (Å²) >= 11 is 1.75. The zero-order chi connectivity index (χ0) is 20.3. The van der Waals surface area contributed by atoms with E-state index < -0.39 is 0 Å². The standard InChI is InChI=1S/C24H29N3O2S/c28-24(25-16-21(22-10-5-15-30-22)27-11-13-29-14-12-27)19-8-4-7-18-17-6-2-1-3-9-20(17)26-23(18)19/h4-5,7-8,10,15,21,26H,1-3,6,9,11-14,16H2,(H,25,28). The first kappa shape index (κ1) is 19.8. The Kier molecular flexibility index (Phi) is 5.88. The SMILES string of the molecule is O=C(NCC(c1cccs1)N1CCOCC1)c1cccc2c3c([nH]c12)CCCCC3. The number of thiophene rings is 1. The van der Waals surface area contributed by atoms with Crippen LogP contribution in [0.1, 0.15) is 51.8 Å². The van der Waals surface area contributed by atoms with E-state index in [1.54, 1.807) is 11.3 Å². The summed E-state index contributed by atoms with van der Waals surface area (Å²) in [6.07, 6.45) is 5.94. The Morgan fingerprint density at radius 1 is 1.13 bits per heavy atom. The lowest BCUT2D eigenvalue weighted by Crippen LogP contribution is -2.43. The van der Waals surface area contributed by atoms with E-state index in [4.69, 9.17) is 4.74 Å². The molecule has 5 nitrogen and oxygen atoms in total. The van der Waals surface area contributed by atoms with Crippen LogP contribution in [0.4, 0.5) is 0 Å². The third-order valence-electron chi connectivity index (χ3n) is 6.44. The van der Waals surface area contributed by atoms with Crippen LogP contribution in [0.25, 0.3) is 10.9 Å². The molecule has 2 aliphatic rings. The van der Waals surface area contributed by atoms with Crippen molar-refractivity contribution in [3.63, 3.8) is 0 Å². The van der Waals surface area contributed by atoms with Crippen molar-refractivity contribution in [1.29, 1.82) is 0 Å². The summed E-state index contributed by atoms with van der Waals surface area (Å²) in [7, 11) is 0. The molecule has 1 saturated heterocycles. The lowest BCUT2D eigenvalue weighted by atomic mass is 10.0. The Balaban J connectivity index is 1.37. The minimum Gasteiger partial charge on any atom is -0.379 e. The summed E-state index contributed by atoms with van der Waals surface area (Å²) in [6.45, 7) is 3.91. The highest BCUT2D eigenvalue weighted by molar-refractivity contribution is 7.10. The number of fused-ring (bicyclic) bond motifs is 3. The maximum atomic E-state index is 13.2. The first-order chi connectivity index (χ1) is 14.8. The van der Waals surface area contributed by atoms with E-state index in [0.717, 1.165) is 50.2 Å². The lowest BCUT2D eigenvalue weighted by molar-refractivity contribution is 0.0169. The third kappa shape index (κ3) is 3.92. The van der Waals surface area contributed by atoms with Crippen molar-refractivity contribution in [2.75, 3.05) is 32.8 Å².